The van der Waals surface area contributed by atoms with Crippen LogP contribution in [0.25, 0.3) is 0 Å². The number of benzene rings is 1. The van der Waals surface area contributed by atoms with E-state index in [0.717, 1.165) is 7.11 Å². The zero-order valence-electron chi connectivity index (χ0n) is 11.1. The van der Waals surface area contributed by atoms with Crippen LogP contribution in [0.15, 0.2) is 12.1 Å². The first kappa shape index (κ1) is 16.4. The molecule has 1 N–H and O–H groups in total. The molecule has 1 aromatic rings. The summed E-state index contributed by atoms with van der Waals surface area (Å²) >= 11 is 5.55. The van der Waals surface area contributed by atoms with E-state index in [-0.39, 0.29) is 22.7 Å². The predicted octanol–water partition coefficient (Wildman–Crippen LogP) is 2.18. The smallest absolute Gasteiger partial charge is 0.340 e. The van der Waals surface area contributed by atoms with Crippen LogP contribution in [0.2, 0.25) is 0 Å². The molecule has 0 spiro atoms. The van der Waals surface area contributed by atoms with Crippen molar-refractivity contribution < 1.29 is 24.2 Å². The van der Waals surface area contributed by atoms with Crippen molar-refractivity contribution in [1.82, 2.24) is 0 Å². The maximum absolute atomic E-state index is 11.6. The fourth-order valence-corrected chi connectivity index (χ4v) is 1.60. The number of ether oxygens (including phenoxy) is 3. The van der Waals surface area contributed by atoms with Gasteiger partial charge in [-0.05, 0) is 6.42 Å². The van der Waals surface area contributed by atoms with Crippen LogP contribution in [0.5, 0.6) is 11.5 Å². The number of methoxy groups -OCH3 is 2. The summed E-state index contributed by atoms with van der Waals surface area (Å²) in [6.07, 6.45) is 0.605. The lowest BCUT2D eigenvalue weighted by molar-refractivity contribution is 0.0599. The number of anilines is 1. The predicted molar refractivity (Wildman–Crippen MR) is 72.8 cm³/mol. The second-order valence-electron chi connectivity index (χ2n) is 3.68. The average Bonchev–Trinajstić information content (AvgIpc) is 2.45. The van der Waals surface area contributed by atoms with Crippen molar-refractivity contribution in [1.29, 1.82) is 0 Å². The maximum Gasteiger partial charge on any atom is 0.340 e. The Bertz CT molecular complexity index is 466. The van der Waals surface area contributed by atoms with Crippen LogP contribution in [0.3, 0.4) is 0 Å². The first-order valence-corrected chi connectivity index (χ1v) is 6.23. The number of carbonyl (C=O) groups excluding carboxylic acids is 1. The summed E-state index contributed by atoms with van der Waals surface area (Å²) < 4.78 is 15.0. The summed E-state index contributed by atoms with van der Waals surface area (Å²) in [5, 5.41) is 19.7. The van der Waals surface area contributed by atoms with Crippen LogP contribution in [0, 0.1) is 5.21 Å². The third-order valence-electron chi connectivity index (χ3n) is 2.43. The van der Waals surface area contributed by atoms with Crippen LogP contribution in [-0.4, -0.2) is 37.9 Å². The summed E-state index contributed by atoms with van der Waals surface area (Å²) in [5.41, 5.74) is -0.426. The molecule has 0 bridgehead atoms. The maximum atomic E-state index is 11.6. The summed E-state index contributed by atoms with van der Waals surface area (Å²) in [5.74, 6) is 0.107. The van der Waals surface area contributed by atoms with E-state index < -0.39 is 11.2 Å². The second kappa shape index (κ2) is 7.78. The van der Waals surface area contributed by atoms with Crippen LogP contribution in [0.4, 0.5) is 5.69 Å². The Kier molecular flexibility index (Phi) is 6.37. The Morgan fingerprint density at radius 3 is 2.60 bits per heavy atom. The average molecular weight is 305 g/mol. The van der Waals surface area contributed by atoms with E-state index in [1.54, 1.807) is 0 Å². The van der Waals surface area contributed by atoms with E-state index in [4.69, 9.17) is 26.3 Å². The molecule has 1 rings (SSSR count). The Hall–Kier alpha value is -1.70. The van der Waals surface area contributed by atoms with Crippen LogP contribution < -0.4 is 14.7 Å². The molecular weight excluding hydrogens is 290 g/mol. The number of nitrogens with zero attached hydrogens (tertiary/aromatic N) is 1. The summed E-state index contributed by atoms with van der Waals surface area (Å²) in [7, 11) is 2.54. The fraction of sp³-hybridized carbons (Fsp3) is 0.417. The van der Waals surface area contributed by atoms with Gasteiger partial charge in [-0.1, -0.05) is 0 Å². The molecule has 0 saturated heterocycles. The number of alkyl halides is 1. The van der Waals surface area contributed by atoms with Crippen molar-refractivity contribution >= 4 is 23.3 Å². The van der Waals surface area contributed by atoms with Gasteiger partial charge in [-0.2, -0.15) is 0 Å². The van der Waals surface area contributed by atoms with Crippen molar-refractivity contribution in [2.24, 2.45) is 0 Å². The topological polar surface area (TPSA) is 91.3 Å². The molecule has 0 aliphatic carbocycles. The van der Waals surface area contributed by atoms with E-state index in [1.165, 1.54) is 19.2 Å². The van der Waals surface area contributed by atoms with E-state index >= 15 is 0 Å². The summed E-state index contributed by atoms with van der Waals surface area (Å²) in [6, 6.07) is 2.46. The van der Waals surface area contributed by atoms with Crippen LogP contribution in [-0.2, 0) is 4.74 Å². The van der Waals surface area contributed by atoms with Gasteiger partial charge < -0.3 is 24.6 Å². The lowest BCUT2D eigenvalue weighted by atomic mass is 10.1. The van der Waals surface area contributed by atoms with Gasteiger partial charge in [-0.25, -0.2) is 4.79 Å². The molecule has 7 nitrogen and oxygen atoms in total. The minimum absolute atomic E-state index is 0.133. The van der Waals surface area contributed by atoms with E-state index in [9.17, 15) is 10.0 Å². The monoisotopic (exact) mass is 304 g/mol. The molecule has 0 heterocycles. The van der Waals surface area contributed by atoms with Gasteiger partial charge in [0.25, 0.3) is 0 Å². The number of hydrogen-bond acceptors (Lipinski definition) is 7. The molecule has 0 aliphatic rings. The number of halogens is 1. The molecule has 20 heavy (non-hydrogen) atoms. The third-order valence-corrected chi connectivity index (χ3v) is 2.70. The number of hydrogen-bond donors (Lipinski definition) is 1. The van der Waals surface area contributed by atoms with Crippen molar-refractivity contribution in [3.63, 3.8) is 0 Å². The highest BCUT2D eigenvalue weighted by atomic mass is 35.5. The van der Waals surface area contributed by atoms with Gasteiger partial charge in [0.05, 0.1) is 32.1 Å². The summed E-state index contributed by atoms with van der Waals surface area (Å²) in [4.78, 5) is 11.6. The summed E-state index contributed by atoms with van der Waals surface area (Å²) in [6.45, 7) is 0.319. The highest BCUT2D eigenvalue weighted by Crippen LogP contribution is 2.35. The van der Waals surface area contributed by atoms with Crippen molar-refractivity contribution in [2.45, 2.75) is 6.42 Å². The highest BCUT2D eigenvalue weighted by Gasteiger charge is 2.18. The Morgan fingerprint density at radius 2 is 2.10 bits per heavy atom. The van der Waals surface area contributed by atoms with Crippen molar-refractivity contribution in [3.05, 3.63) is 22.9 Å². The standard InChI is InChI=1S/C12H15ClNO6/c1-18-10-7-9(14(16)17)8(12(15)19-2)6-11(10)20-5-3-4-13/h6-7,16H,3-5H2,1-2H3/q-1. The Morgan fingerprint density at radius 1 is 1.40 bits per heavy atom. The van der Waals surface area contributed by atoms with Gasteiger partial charge in [0.1, 0.15) is 0 Å². The largest absolute Gasteiger partial charge is 0.733 e. The van der Waals surface area contributed by atoms with Crippen molar-refractivity contribution in [2.75, 3.05) is 31.9 Å². The third kappa shape index (κ3) is 3.89. The van der Waals surface area contributed by atoms with Crippen LogP contribution >= 0.6 is 11.6 Å². The van der Waals surface area contributed by atoms with E-state index in [2.05, 4.69) is 4.74 Å². The minimum Gasteiger partial charge on any atom is -0.733 e. The number of esters is 1. The number of rotatable bonds is 7. The molecule has 0 saturated carbocycles. The molecule has 112 valence electrons. The van der Waals surface area contributed by atoms with E-state index in [1.807, 2.05) is 0 Å². The van der Waals surface area contributed by atoms with Gasteiger partial charge >= 0.3 is 5.97 Å². The molecule has 8 heteroatoms. The number of carbonyl (C=O) groups is 1. The molecule has 0 aromatic heterocycles. The lowest BCUT2D eigenvalue weighted by Crippen LogP contribution is -2.14. The van der Waals surface area contributed by atoms with Gasteiger partial charge in [0.2, 0.25) is 0 Å². The second-order valence-corrected chi connectivity index (χ2v) is 4.05. The highest BCUT2D eigenvalue weighted by molar-refractivity contribution is 6.17. The van der Waals surface area contributed by atoms with Gasteiger partial charge in [-0.15, -0.1) is 11.6 Å². The lowest BCUT2D eigenvalue weighted by Gasteiger charge is -2.25. The van der Waals surface area contributed by atoms with Gasteiger partial charge in [0.15, 0.2) is 11.5 Å². The van der Waals surface area contributed by atoms with Crippen molar-refractivity contribution in [3.8, 4) is 11.5 Å². The van der Waals surface area contributed by atoms with Crippen LogP contribution in [0.1, 0.15) is 16.8 Å². The zero-order valence-corrected chi connectivity index (χ0v) is 11.8. The zero-order chi connectivity index (χ0) is 15.1. The van der Waals surface area contributed by atoms with E-state index in [0.29, 0.717) is 18.9 Å². The molecule has 0 aliphatic heterocycles. The molecular formula is C12H15ClNO6-. The van der Waals surface area contributed by atoms with Gasteiger partial charge in [0, 0.05) is 18.0 Å². The molecule has 0 fully saturated rings. The van der Waals surface area contributed by atoms with Gasteiger partial charge in [-0.3, -0.25) is 5.21 Å². The Labute approximate surface area is 121 Å². The fourth-order valence-electron chi connectivity index (χ4n) is 1.49. The normalized spacial score (nSPS) is 10.1. The molecule has 0 amide bonds. The molecule has 1 aromatic carbocycles. The molecule has 0 atom stereocenters. The molecule has 0 unspecified atom stereocenters. The quantitative estimate of drug-likeness (QED) is 0.357. The minimum atomic E-state index is -0.778. The molecule has 0 radical (unpaired) electrons. The SMILES string of the molecule is COC(=O)c1cc(OCCCCl)c(OC)cc1N([O-])O. The Balaban J connectivity index is 3.19. The first-order valence-electron chi connectivity index (χ1n) is 5.70. The first-order chi connectivity index (χ1) is 9.54.